The summed E-state index contributed by atoms with van der Waals surface area (Å²) in [7, 11) is -1.55. The molecule has 0 atom stereocenters. The lowest BCUT2D eigenvalue weighted by Crippen LogP contribution is -2.53. The Morgan fingerprint density at radius 2 is 1.82 bits per heavy atom. The van der Waals surface area contributed by atoms with Crippen molar-refractivity contribution < 1.29 is 8.42 Å². The van der Waals surface area contributed by atoms with Crippen LogP contribution in [-0.4, -0.2) is 50.9 Å². The van der Waals surface area contributed by atoms with Gasteiger partial charge in [0, 0.05) is 44.6 Å². The third-order valence-corrected chi connectivity index (χ3v) is 3.64. The minimum absolute atomic E-state index is 0. The molecule has 0 radical (unpaired) electrons. The van der Waals surface area contributed by atoms with Crippen molar-refractivity contribution in [3.05, 3.63) is 24.5 Å². The van der Waals surface area contributed by atoms with Crippen LogP contribution in [0.25, 0.3) is 0 Å². The highest BCUT2D eigenvalue weighted by molar-refractivity contribution is 14.0. The van der Waals surface area contributed by atoms with Gasteiger partial charge in [-0.25, -0.2) is 13.1 Å². The number of nitrogens with zero attached hydrogens (tertiary/aromatic N) is 2. The van der Waals surface area contributed by atoms with Crippen LogP contribution >= 0.6 is 24.0 Å². The molecule has 1 heterocycles. The average molecular weight is 443 g/mol. The van der Waals surface area contributed by atoms with Crippen molar-refractivity contribution in [2.45, 2.75) is 25.9 Å². The van der Waals surface area contributed by atoms with Crippen LogP contribution in [0.4, 0.5) is 0 Å². The molecule has 0 spiro atoms. The van der Waals surface area contributed by atoms with E-state index in [4.69, 9.17) is 0 Å². The number of hydrogen-bond donors (Lipinski definition) is 3. The van der Waals surface area contributed by atoms with E-state index in [0.29, 0.717) is 12.5 Å². The summed E-state index contributed by atoms with van der Waals surface area (Å²) >= 11 is 0. The van der Waals surface area contributed by atoms with Gasteiger partial charge in [-0.1, -0.05) is 0 Å². The monoisotopic (exact) mass is 443 g/mol. The molecule has 0 saturated carbocycles. The van der Waals surface area contributed by atoms with Crippen molar-refractivity contribution in [2.24, 2.45) is 4.99 Å². The Labute approximate surface area is 150 Å². The maximum absolute atomic E-state index is 11.3. The average Bonchev–Trinajstić information content (AvgIpc) is 2.83. The zero-order chi connectivity index (χ0) is 15.9. The topological polar surface area (TPSA) is 87.5 Å². The van der Waals surface area contributed by atoms with Gasteiger partial charge in [0.1, 0.15) is 0 Å². The second-order valence-electron chi connectivity index (χ2n) is 5.53. The molecule has 0 aliphatic carbocycles. The van der Waals surface area contributed by atoms with Crippen LogP contribution in [0.2, 0.25) is 0 Å². The quantitative estimate of drug-likeness (QED) is 0.327. The summed E-state index contributed by atoms with van der Waals surface area (Å²) in [6.45, 7) is 5.62. The molecule has 7 nitrogen and oxygen atoms in total. The van der Waals surface area contributed by atoms with Gasteiger partial charge in [-0.2, -0.15) is 0 Å². The summed E-state index contributed by atoms with van der Waals surface area (Å²) in [5.74, 6) is 0.644. The van der Waals surface area contributed by atoms with Gasteiger partial charge in [-0.3, -0.25) is 4.99 Å². The fourth-order valence-corrected chi connectivity index (χ4v) is 2.96. The van der Waals surface area contributed by atoms with Crippen molar-refractivity contribution in [1.29, 1.82) is 0 Å². The zero-order valence-electron chi connectivity index (χ0n) is 13.5. The molecule has 1 aromatic rings. The second kappa shape index (κ2) is 9.36. The first-order chi connectivity index (χ1) is 9.72. The highest BCUT2D eigenvalue weighted by atomic mass is 127. The molecule has 0 aliphatic heterocycles. The van der Waals surface area contributed by atoms with Crippen molar-refractivity contribution in [3.63, 3.8) is 0 Å². The molecular formula is C13H26IN5O2S. The van der Waals surface area contributed by atoms with Gasteiger partial charge in [0.15, 0.2) is 5.96 Å². The fraction of sp³-hybridized carbons (Fsp3) is 0.615. The largest absolute Gasteiger partial charge is 0.355 e. The van der Waals surface area contributed by atoms with E-state index in [1.54, 1.807) is 7.05 Å². The summed E-state index contributed by atoms with van der Waals surface area (Å²) in [6, 6.07) is 3.96. The summed E-state index contributed by atoms with van der Waals surface area (Å²) in [6.07, 6.45) is 5.15. The summed E-state index contributed by atoms with van der Waals surface area (Å²) in [5, 5.41) is 6.30. The normalized spacial score (nSPS) is 12.6. The molecule has 0 saturated heterocycles. The molecule has 0 amide bonds. The predicted octanol–water partition coefficient (Wildman–Crippen LogP) is 0.599. The first-order valence-corrected chi connectivity index (χ1v) is 8.65. The van der Waals surface area contributed by atoms with E-state index >= 15 is 0 Å². The fourth-order valence-electron chi connectivity index (χ4n) is 1.89. The minimum Gasteiger partial charge on any atom is -0.355 e. The summed E-state index contributed by atoms with van der Waals surface area (Å²) in [5.41, 5.74) is -0.592. The number of rotatable bonds is 7. The molecule has 0 aromatic carbocycles. The standard InChI is InChI=1S/C13H25N5O2S.HI/c1-13(2,17-21(4,19)20)11-16-12(14-3)15-7-10-18-8-5-6-9-18;/h5-6,8-9,17H,7,10-11H2,1-4H3,(H2,14,15,16);1H. The van der Waals surface area contributed by atoms with Crippen molar-refractivity contribution in [1.82, 2.24) is 19.9 Å². The molecule has 0 unspecified atom stereocenters. The first kappa shape index (κ1) is 21.2. The third-order valence-electron chi connectivity index (χ3n) is 2.71. The SMILES string of the molecule is CN=C(NCCn1cccc1)NCC(C)(C)NS(C)(=O)=O.I. The number of hydrogen-bond acceptors (Lipinski definition) is 3. The van der Waals surface area contributed by atoms with Crippen LogP contribution in [0.3, 0.4) is 0 Å². The van der Waals surface area contributed by atoms with Crippen LogP contribution in [0.1, 0.15) is 13.8 Å². The van der Waals surface area contributed by atoms with Crippen LogP contribution in [0.15, 0.2) is 29.5 Å². The van der Waals surface area contributed by atoms with Gasteiger partial charge in [0.25, 0.3) is 0 Å². The minimum atomic E-state index is -3.24. The van der Waals surface area contributed by atoms with Gasteiger partial charge in [0.2, 0.25) is 10.0 Å². The molecule has 0 bridgehead atoms. The number of nitrogens with one attached hydrogen (secondary N) is 3. The highest BCUT2D eigenvalue weighted by Gasteiger charge is 2.22. The number of aromatic nitrogens is 1. The van der Waals surface area contributed by atoms with E-state index in [0.717, 1.165) is 19.3 Å². The maximum atomic E-state index is 11.3. The molecular weight excluding hydrogens is 417 g/mol. The number of guanidine groups is 1. The molecule has 1 aromatic heterocycles. The lowest BCUT2D eigenvalue weighted by atomic mass is 10.1. The molecule has 22 heavy (non-hydrogen) atoms. The smallest absolute Gasteiger partial charge is 0.209 e. The van der Waals surface area contributed by atoms with Gasteiger partial charge in [-0.15, -0.1) is 24.0 Å². The van der Waals surface area contributed by atoms with Crippen LogP contribution in [0, 0.1) is 0 Å². The number of halogens is 1. The molecule has 1 rings (SSSR count). The molecule has 128 valence electrons. The second-order valence-corrected chi connectivity index (χ2v) is 7.28. The van der Waals surface area contributed by atoms with E-state index in [9.17, 15) is 8.42 Å². The van der Waals surface area contributed by atoms with Crippen molar-refractivity contribution in [2.75, 3.05) is 26.4 Å². The summed E-state index contributed by atoms with van der Waals surface area (Å²) in [4.78, 5) is 4.11. The van der Waals surface area contributed by atoms with E-state index in [-0.39, 0.29) is 24.0 Å². The molecule has 0 fully saturated rings. The van der Waals surface area contributed by atoms with E-state index in [1.165, 1.54) is 0 Å². The van der Waals surface area contributed by atoms with Crippen LogP contribution < -0.4 is 15.4 Å². The van der Waals surface area contributed by atoms with E-state index in [1.807, 2.05) is 38.4 Å². The van der Waals surface area contributed by atoms with Crippen molar-refractivity contribution in [3.8, 4) is 0 Å². The first-order valence-electron chi connectivity index (χ1n) is 6.76. The van der Waals surface area contributed by atoms with E-state index < -0.39 is 15.6 Å². The van der Waals surface area contributed by atoms with Gasteiger partial charge in [0.05, 0.1) is 6.26 Å². The van der Waals surface area contributed by atoms with Gasteiger partial charge in [-0.05, 0) is 26.0 Å². The Morgan fingerprint density at radius 3 is 2.32 bits per heavy atom. The Morgan fingerprint density at radius 1 is 1.23 bits per heavy atom. The molecule has 0 aliphatic rings. The highest BCUT2D eigenvalue weighted by Crippen LogP contribution is 2.01. The maximum Gasteiger partial charge on any atom is 0.209 e. The Hall–Kier alpha value is -0.810. The lowest BCUT2D eigenvalue weighted by Gasteiger charge is -2.26. The van der Waals surface area contributed by atoms with Gasteiger partial charge >= 0.3 is 0 Å². The zero-order valence-corrected chi connectivity index (χ0v) is 16.6. The van der Waals surface area contributed by atoms with E-state index in [2.05, 4.69) is 24.9 Å². The van der Waals surface area contributed by atoms with Crippen LogP contribution in [-0.2, 0) is 16.6 Å². The number of sulfonamides is 1. The van der Waals surface area contributed by atoms with Crippen LogP contribution in [0.5, 0.6) is 0 Å². The lowest BCUT2D eigenvalue weighted by molar-refractivity contribution is 0.446. The van der Waals surface area contributed by atoms with Gasteiger partial charge < -0.3 is 15.2 Å². The molecule has 9 heteroatoms. The summed E-state index contributed by atoms with van der Waals surface area (Å²) < 4.78 is 27.2. The predicted molar refractivity (Wildman–Crippen MR) is 101 cm³/mol. The number of aliphatic imine (C=N–C) groups is 1. The Bertz CT molecular complexity index is 555. The third kappa shape index (κ3) is 9.26. The van der Waals surface area contributed by atoms with Crippen molar-refractivity contribution >= 4 is 40.0 Å². The molecule has 3 N–H and O–H groups in total. The Balaban J connectivity index is 0.00000441. The Kier molecular flexibility index (Phi) is 9.01.